The SMILES string of the molecule is NS(=O)(=O)Cc1nc(-c2ccc(F)cc2)oc1-c1ccc(Cl)c(F)c1.[NaH]. The third-order valence-corrected chi connectivity index (χ3v) is 4.29. The molecule has 2 aromatic carbocycles. The summed E-state index contributed by atoms with van der Waals surface area (Å²) in [6, 6.07) is 9.15. The van der Waals surface area contributed by atoms with Crippen LogP contribution in [0.3, 0.4) is 0 Å². The summed E-state index contributed by atoms with van der Waals surface area (Å²) in [4.78, 5) is 4.12. The molecule has 0 saturated heterocycles. The third-order valence-electron chi connectivity index (χ3n) is 3.31. The van der Waals surface area contributed by atoms with Gasteiger partial charge in [0.15, 0.2) is 5.76 Å². The number of hydrogen-bond donors (Lipinski definition) is 1. The molecule has 10 heteroatoms. The van der Waals surface area contributed by atoms with Gasteiger partial charge in [0.25, 0.3) is 0 Å². The minimum absolute atomic E-state index is 0. The van der Waals surface area contributed by atoms with Crippen molar-refractivity contribution in [3.63, 3.8) is 0 Å². The normalized spacial score (nSPS) is 11.2. The Morgan fingerprint density at radius 1 is 1.08 bits per heavy atom. The molecule has 0 aliphatic heterocycles. The molecule has 0 spiro atoms. The van der Waals surface area contributed by atoms with Gasteiger partial charge in [0.1, 0.15) is 23.1 Å². The topological polar surface area (TPSA) is 86.2 Å². The van der Waals surface area contributed by atoms with Gasteiger partial charge in [-0.3, -0.25) is 0 Å². The number of nitrogens with two attached hydrogens (primary N) is 1. The quantitative estimate of drug-likeness (QED) is 0.672. The van der Waals surface area contributed by atoms with Crippen molar-refractivity contribution >= 4 is 51.2 Å². The number of hydrogen-bond acceptors (Lipinski definition) is 4. The van der Waals surface area contributed by atoms with Gasteiger partial charge in [0.2, 0.25) is 15.9 Å². The van der Waals surface area contributed by atoms with E-state index in [-0.39, 0.29) is 57.5 Å². The molecule has 0 aliphatic rings. The molecule has 0 saturated carbocycles. The van der Waals surface area contributed by atoms with Crippen LogP contribution < -0.4 is 5.14 Å². The summed E-state index contributed by atoms with van der Waals surface area (Å²) in [5.74, 6) is -1.63. The maximum atomic E-state index is 13.7. The van der Waals surface area contributed by atoms with Crippen molar-refractivity contribution in [2.45, 2.75) is 5.75 Å². The minimum atomic E-state index is -3.90. The van der Waals surface area contributed by atoms with E-state index < -0.39 is 27.4 Å². The fourth-order valence-electron chi connectivity index (χ4n) is 2.22. The van der Waals surface area contributed by atoms with Crippen molar-refractivity contribution in [1.82, 2.24) is 4.98 Å². The molecule has 0 fully saturated rings. The van der Waals surface area contributed by atoms with Crippen LogP contribution in [-0.4, -0.2) is 43.0 Å². The fraction of sp³-hybridized carbons (Fsp3) is 0.0625. The molecule has 0 unspecified atom stereocenters. The molecule has 0 bridgehead atoms. The van der Waals surface area contributed by atoms with Crippen LogP contribution in [0, 0.1) is 11.6 Å². The summed E-state index contributed by atoms with van der Waals surface area (Å²) >= 11 is 5.66. The van der Waals surface area contributed by atoms with E-state index in [9.17, 15) is 17.2 Å². The molecule has 26 heavy (non-hydrogen) atoms. The number of primary sulfonamides is 1. The Kier molecular flexibility index (Phi) is 6.60. The summed E-state index contributed by atoms with van der Waals surface area (Å²) in [7, 11) is -3.90. The van der Waals surface area contributed by atoms with Crippen molar-refractivity contribution in [2.75, 3.05) is 0 Å². The Balaban J connectivity index is 0.00000243. The molecular formula is C16H12ClF2N2NaO3S. The van der Waals surface area contributed by atoms with Crippen molar-refractivity contribution in [3.8, 4) is 22.8 Å². The van der Waals surface area contributed by atoms with Crippen molar-refractivity contribution < 1.29 is 21.6 Å². The van der Waals surface area contributed by atoms with Crippen molar-refractivity contribution in [1.29, 1.82) is 0 Å². The molecule has 3 aromatic rings. The van der Waals surface area contributed by atoms with E-state index in [0.29, 0.717) is 5.56 Å². The van der Waals surface area contributed by atoms with Gasteiger partial charge >= 0.3 is 29.6 Å². The van der Waals surface area contributed by atoms with Crippen LogP contribution in [0.25, 0.3) is 22.8 Å². The van der Waals surface area contributed by atoms with Crippen LogP contribution in [0.4, 0.5) is 8.78 Å². The van der Waals surface area contributed by atoms with Gasteiger partial charge in [-0.05, 0) is 42.5 Å². The van der Waals surface area contributed by atoms with E-state index in [1.54, 1.807) is 0 Å². The average molecular weight is 409 g/mol. The van der Waals surface area contributed by atoms with Crippen LogP contribution in [0.5, 0.6) is 0 Å². The predicted octanol–water partition coefficient (Wildman–Crippen LogP) is 3.08. The van der Waals surface area contributed by atoms with Gasteiger partial charge in [-0.2, -0.15) is 0 Å². The van der Waals surface area contributed by atoms with Crippen molar-refractivity contribution in [3.05, 3.63) is 64.8 Å². The van der Waals surface area contributed by atoms with Crippen LogP contribution in [0.1, 0.15) is 5.69 Å². The molecule has 132 valence electrons. The van der Waals surface area contributed by atoms with Gasteiger partial charge in [0.05, 0.1) is 5.02 Å². The fourth-order valence-corrected chi connectivity index (χ4v) is 2.91. The molecular weight excluding hydrogens is 397 g/mol. The van der Waals surface area contributed by atoms with Gasteiger partial charge in [-0.1, -0.05) is 11.6 Å². The molecule has 0 radical (unpaired) electrons. The summed E-state index contributed by atoms with van der Waals surface area (Å²) in [5.41, 5.74) is 0.697. The van der Waals surface area contributed by atoms with Gasteiger partial charge < -0.3 is 4.42 Å². The van der Waals surface area contributed by atoms with Crippen molar-refractivity contribution in [2.24, 2.45) is 5.14 Å². The number of halogens is 3. The first kappa shape index (κ1) is 21.0. The Labute approximate surface area is 175 Å². The monoisotopic (exact) mass is 408 g/mol. The van der Waals surface area contributed by atoms with E-state index >= 15 is 0 Å². The Bertz CT molecular complexity index is 1040. The second kappa shape index (κ2) is 8.16. The summed E-state index contributed by atoms with van der Waals surface area (Å²) in [5, 5.41) is 4.99. The zero-order valence-electron chi connectivity index (χ0n) is 12.5. The predicted molar refractivity (Wildman–Crippen MR) is 96.3 cm³/mol. The standard InChI is InChI=1S/C16H11ClF2N2O3S.Na.H/c17-12-6-3-10(7-13(12)19)15-14(8-25(20,22)23)21-16(24-15)9-1-4-11(18)5-2-9;;/h1-7H,8H2,(H2,20,22,23);;. The maximum absolute atomic E-state index is 13.7. The second-order valence-corrected chi connectivity index (χ2v) is 7.26. The summed E-state index contributed by atoms with van der Waals surface area (Å²) in [6.07, 6.45) is 0. The first-order chi connectivity index (χ1) is 11.7. The van der Waals surface area contributed by atoms with E-state index in [4.69, 9.17) is 21.2 Å². The third kappa shape index (κ3) is 4.91. The summed E-state index contributed by atoms with van der Waals surface area (Å²) in [6.45, 7) is 0. The average Bonchev–Trinajstić information content (AvgIpc) is 2.92. The zero-order valence-corrected chi connectivity index (χ0v) is 14.1. The van der Waals surface area contributed by atoms with Gasteiger partial charge in [0, 0.05) is 11.1 Å². The molecule has 0 atom stereocenters. The first-order valence-corrected chi connectivity index (χ1v) is 9.04. The number of rotatable bonds is 4. The van der Waals surface area contributed by atoms with Gasteiger partial charge in [-0.15, -0.1) is 0 Å². The van der Waals surface area contributed by atoms with E-state index in [1.165, 1.54) is 36.4 Å². The van der Waals surface area contributed by atoms with E-state index in [2.05, 4.69) is 4.98 Å². The zero-order chi connectivity index (χ0) is 18.2. The van der Waals surface area contributed by atoms with E-state index in [1.807, 2.05) is 0 Å². The number of nitrogens with zero attached hydrogens (tertiary/aromatic N) is 1. The molecule has 5 nitrogen and oxygen atoms in total. The molecule has 1 aromatic heterocycles. The summed E-state index contributed by atoms with van der Waals surface area (Å²) < 4.78 is 55.3. The van der Waals surface area contributed by atoms with Gasteiger partial charge in [-0.25, -0.2) is 27.3 Å². The Morgan fingerprint density at radius 2 is 1.69 bits per heavy atom. The molecule has 1 heterocycles. The first-order valence-electron chi connectivity index (χ1n) is 6.94. The molecule has 0 amide bonds. The molecule has 2 N–H and O–H groups in total. The molecule has 0 aliphatic carbocycles. The number of oxazole rings is 1. The van der Waals surface area contributed by atoms with Crippen LogP contribution >= 0.6 is 11.6 Å². The number of benzene rings is 2. The van der Waals surface area contributed by atoms with Crippen LogP contribution in [0.15, 0.2) is 46.9 Å². The Hall–Kier alpha value is -1.29. The number of aromatic nitrogens is 1. The van der Waals surface area contributed by atoms with Crippen LogP contribution in [-0.2, 0) is 15.8 Å². The number of sulfonamides is 1. The Morgan fingerprint density at radius 3 is 2.27 bits per heavy atom. The molecule has 3 rings (SSSR count). The van der Waals surface area contributed by atoms with E-state index in [0.717, 1.165) is 6.07 Å². The van der Waals surface area contributed by atoms with Crippen LogP contribution in [0.2, 0.25) is 5.02 Å². The second-order valence-electron chi connectivity index (χ2n) is 5.24.